The van der Waals surface area contributed by atoms with Gasteiger partial charge in [0.25, 0.3) is 0 Å². The van der Waals surface area contributed by atoms with Crippen LogP contribution in [0.5, 0.6) is 0 Å². The fourth-order valence-corrected chi connectivity index (χ4v) is 1.52. The van der Waals surface area contributed by atoms with Crippen LogP contribution in [0.15, 0.2) is 0 Å². The molecule has 9 heavy (non-hydrogen) atoms. The van der Waals surface area contributed by atoms with Crippen LogP contribution in [0.3, 0.4) is 0 Å². The summed E-state index contributed by atoms with van der Waals surface area (Å²) in [5, 5.41) is 17.7. The third kappa shape index (κ3) is 1.66. The predicted octanol–water partition coefficient (Wildman–Crippen LogP) is 0.530. The van der Waals surface area contributed by atoms with E-state index in [9.17, 15) is 5.11 Å². The van der Waals surface area contributed by atoms with Gasteiger partial charge in [-0.25, -0.2) is 0 Å². The van der Waals surface area contributed by atoms with E-state index in [1.54, 1.807) is 0 Å². The first-order valence-corrected chi connectivity index (χ1v) is 3.63. The van der Waals surface area contributed by atoms with Crippen molar-refractivity contribution in [2.45, 2.75) is 31.8 Å². The Morgan fingerprint density at radius 3 is 2.56 bits per heavy atom. The molecule has 1 rings (SSSR count). The summed E-state index contributed by atoms with van der Waals surface area (Å²) < 4.78 is 0. The van der Waals surface area contributed by atoms with Gasteiger partial charge in [0, 0.05) is 6.61 Å². The van der Waals surface area contributed by atoms with Crippen molar-refractivity contribution in [3.05, 3.63) is 0 Å². The van der Waals surface area contributed by atoms with Crippen molar-refractivity contribution >= 4 is 0 Å². The summed E-state index contributed by atoms with van der Waals surface area (Å²) in [6.45, 7) is 0.224. The second-order valence-corrected chi connectivity index (χ2v) is 2.77. The van der Waals surface area contributed by atoms with Crippen molar-refractivity contribution in [3.63, 3.8) is 0 Å². The largest absolute Gasteiger partial charge is 0.396 e. The molecule has 0 spiro atoms. The first-order valence-electron chi connectivity index (χ1n) is 3.63. The van der Waals surface area contributed by atoms with Crippen molar-refractivity contribution < 1.29 is 10.2 Å². The molecule has 0 aromatic carbocycles. The molecule has 2 N–H and O–H groups in total. The van der Waals surface area contributed by atoms with Crippen LogP contribution in [0, 0.1) is 5.92 Å². The lowest BCUT2D eigenvalue weighted by molar-refractivity contribution is 0.113. The molecule has 0 aromatic heterocycles. The molecule has 1 saturated carbocycles. The smallest absolute Gasteiger partial charge is 0.0569 e. The molecule has 0 amide bonds. The number of aliphatic hydroxyl groups is 2. The number of hydrogen-bond acceptors (Lipinski definition) is 2. The van der Waals surface area contributed by atoms with Gasteiger partial charge in [-0.2, -0.15) is 0 Å². The molecule has 0 bridgehead atoms. The topological polar surface area (TPSA) is 40.5 Å². The Morgan fingerprint density at radius 2 is 2.11 bits per heavy atom. The van der Waals surface area contributed by atoms with Gasteiger partial charge in [-0.05, 0) is 25.2 Å². The summed E-state index contributed by atoms with van der Waals surface area (Å²) in [4.78, 5) is 0. The molecule has 0 radical (unpaired) electrons. The zero-order chi connectivity index (χ0) is 6.69. The maximum atomic E-state index is 9.21. The van der Waals surface area contributed by atoms with Gasteiger partial charge < -0.3 is 10.2 Å². The number of rotatable bonds is 2. The molecule has 1 fully saturated rings. The van der Waals surface area contributed by atoms with Crippen LogP contribution in [0.2, 0.25) is 0 Å². The molecule has 0 aromatic rings. The van der Waals surface area contributed by atoms with Crippen LogP contribution in [0.1, 0.15) is 25.7 Å². The summed E-state index contributed by atoms with van der Waals surface area (Å²) in [6.07, 6.45) is 3.82. The SMILES string of the molecule is OCC[C@H]1CCC[C@@H]1O. The summed E-state index contributed by atoms with van der Waals surface area (Å²) in [5.74, 6) is 0.384. The Labute approximate surface area is 55.5 Å². The summed E-state index contributed by atoms with van der Waals surface area (Å²) in [5.41, 5.74) is 0. The first kappa shape index (κ1) is 7.03. The second-order valence-electron chi connectivity index (χ2n) is 2.77. The van der Waals surface area contributed by atoms with E-state index in [2.05, 4.69) is 0 Å². The highest BCUT2D eigenvalue weighted by Gasteiger charge is 2.23. The molecule has 2 atom stereocenters. The molecule has 0 unspecified atom stereocenters. The molecule has 2 heteroatoms. The van der Waals surface area contributed by atoms with Crippen LogP contribution < -0.4 is 0 Å². The van der Waals surface area contributed by atoms with E-state index in [0.717, 1.165) is 25.7 Å². The van der Waals surface area contributed by atoms with Crippen LogP contribution >= 0.6 is 0 Å². The third-order valence-electron chi connectivity index (χ3n) is 2.12. The highest BCUT2D eigenvalue weighted by molar-refractivity contribution is 4.75. The van der Waals surface area contributed by atoms with Gasteiger partial charge in [0.1, 0.15) is 0 Å². The van der Waals surface area contributed by atoms with Gasteiger partial charge in [0.15, 0.2) is 0 Å². The lowest BCUT2D eigenvalue weighted by atomic mass is 10.0. The Balaban J connectivity index is 2.22. The molecule has 54 valence electrons. The fourth-order valence-electron chi connectivity index (χ4n) is 1.52. The van der Waals surface area contributed by atoms with E-state index in [1.807, 2.05) is 0 Å². The minimum absolute atomic E-state index is 0.128. The quantitative estimate of drug-likeness (QED) is 0.572. The average molecular weight is 130 g/mol. The van der Waals surface area contributed by atoms with Crippen LogP contribution in [0.4, 0.5) is 0 Å². The molecule has 1 aliphatic rings. The molecular weight excluding hydrogens is 116 g/mol. The third-order valence-corrected chi connectivity index (χ3v) is 2.12. The van der Waals surface area contributed by atoms with Gasteiger partial charge >= 0.3 is 0 Å². The monoisotopic (exact) mass is 130 g/mol. The van der Waals surface area contributed by atoms with Crippen LogP contribution in [-0.2, 0) is 0 Å². The predicted molar refractivity (Wildman–Crippen MR) is 35.1 cm³/mol. The molecule has 0 saturated heterocycles. The van der Waals surface area contributed by atoms with Crippen molar-refractivity contribution in [3.8, 4) is 0 Å². The van der Waals surface area contributed by atoms with Gasteiger partial charge in [0.2, 0.25) is 0 Å². The van der Waals surface area contributed by atoms with E-state index in [0.29, 0.717) is 5.92 Å². The Bertz CT molecular complexity index is 83.0. The first-order chi connectivity index (χ1) is 4.34. The van der Waals surface area contributed by atoms with E-state index in [1.165, 1.54) is 0 Å². The maximum absolute atomic E-state index is 9.21. The summed E-state index contributed by atoms with van der Waals surface area (Å²) >= 11 is 0. The van der Waals surface area contributed by atoms with E-state index in [4.69, 9.17) is 5.11 Å². The van der Waals surface area contributed by atoms with Crippen molar-refractivity contribution in [2.24, 2.45) is 5.92 Å². The van der Waals surface area contributed by atoms with Crippen LogP contribution in [-0.4, -0.2) is 22.9 Å². The molecule has 2 nitrogen and oxygen atoms in total. The molecule has 0 aliphatic heterocycles. The Morgan fingerprint density at radius 1 is 1.33 bits per heavy atom. The lowest BCUT2D eigenvalue weighted by Crippen LogP contribution is -2.13. The van der Waals surface area contributed by atoms with Gasteiger partial charge in [-0.15, -0.1) is 0 Å². The molecule has 1 aliphatic carbocycles. The summed E-state index contributed by atoms with van der Waals surface area (Å²) in [6, 6.07) is 0. The van der Waals surface area contributed by atoms with Crippen molar-refractivity contribution in [1.82, 2.24) is 0 Å². The fraction of sp³-hybridized carbons (Fsp3) is 1.00. The maximum Gasteiger partial charge on any atom is 0.0569 e. The van der Waals surface area contributed by atoms with Gasteiger partial charge in [0.05, 0.1) is 6.10 Å². The highest BCUT2D eigenvalue weighted by atomic mass is 16.3. The van der Waals surface area contributed by atoms with Crippen LogP contribution in [0.25, 0.3) is 0 Å². The van der Waals surface area contributed by atoms with E-state index >= 15 is 0 Å². The zero-order valence-corrected chi connectivity index (χ0v) is 5.58. The van der Waals surface area contributed by atoms with Gasteiger partial charge in [-0.1, -0.05) is 6.42 Å². The summed E-state index contributed by atoms with van der Waals surface area (Å²) in [7, 11) is 0. The van der Waals surface area contributed by atoms with Crippen molar-refractivity contribution in [2.75, 3.05) is 6.61 Å². The van der Waals surface area contributed by atoms with E-state index in [-0.39, 0.29) is 12.7 Å². The Kier molecular flexibility index (Phi) is 2.49. The van der Waals surface area contributed by atoms with E-state index < -0.39 is 0 Å². The molecule has 0 heterocycles. The lowest BCUT2D eigenvalue weighted by Gasteiger charge is -2.10. The minimum atomic E-state index is -0.128. The zero-order valence-electron chi connectivity index (χ0n) is 5.58. The van der Waals surface area contributed by atoms with Crippen molar-refractivity contribution in [1.29, 1.82) is 0 Å². The Hall–Kier alpha value is -0.0800. The highest BCUT2D eigenvalue weighted by Crippen LogP contribution is 2.27. The average Bonchev–Trinajstić information content (AvgIpc) is 2.18. The number of hydrogen-bond donors (Lipinski definition) is 2. The standard InChI is InChI=1S/C7H14O2/c8-5-4-6-2-1-3-7(6)9/h6-9H,1-5H2/t6-,7+/m1/s1. The number of aliphatic hydroxyl groups excluding tert-OH is 2. The second kappa shape index (κ2) is 3.18. The van der Waals surface area contributed by atoms with Gasteiger partial charge in [-0.3, -0.25) is 0 Å². The minimum Gasteiger partial charge on any atom is -0.396 e. The molecular formula is C7H14O2. The normalized spacial score (nSPS) is 35.3.